The lowest BCUT2D eigenvalue weighted by molar-refractivity contribution is -0.117. The average molecular weight is 424 g/mol. The molecule has 1 N–H and O–H groups in total. The van der Waals surface area contributed by atoms with Crippen molar-refractivity contribution in [1.29, 1.82) is 0 Å². The fourth-order valence-electron chi connectivity index (χ4n) is 4.08. The molecule has 1 aliphatic carbocycles. The van der Waals surface area contributed by atoms with Gasteiger partial charge in [0.2, 0.25) is 5.91 Å². The maximum absolute atomic E-state index is 13.1. The van der Waals surface area contributed by atoms with Gasteiger partial charge in [0.25, 0.3) is 5.92 Å². The number of halogens is 2. The Bertz CT molecular complexity index is 908. The minimum Gasteiger partial charge on any atom is -0.361 e. The summed E-state index contributed by atoms with van der Waals surface area (Å²) in [6, 6.07) is 1.65. The van der Waals surface area contributed by atoms with E-state index >= 15 is 0 Å². The van der Waals surface area contributed by atoms with E-state index in [1.165, 1.54) is 0 Å². The first-order chi connectivity index (χ1) is 13.3. The van der Waals surface area contributed by atoms with Crippen molar-refractivity contribution in [1.82, 2.24) is 14.8 Å². The maximum atomic E-state index is 13.1. The molecule has 0 unspecified atom stereocenters. The normalized spacial score (nSPS) is 20.5. The number of aryl methyl sites for hydroxylation is 3. The number of amides is 1. The molecule has 0 bridgehead atoms. The molecule has 0 saturated heterocycles. The summed E-state index contributed by atoms with van der Waals surface area (Å²) in [5, 5.41) is 7.23. The zero-order valence-corrected chi connectivity index (χ0v) is 17.9. The third kappa shape index (κ3) is 4.10. The lowest BCUT2D eigenvalue weighted by Gasteiger charge is -2.35. The van der Waals surface area contributed by atoms with Gasteiger partial charge in [-0.3, -0.25) is 14.5 Å². The molecule has 6 nitrogen and oxygen atoms in total. The predicted molar refractivity (Wildman–Crippen MR) is 113 cm³/mol. The smallest absolute Gasteiger partial charge is 0.252 e. The third-order valence-corrected chi connectivity index (χ3v) is 5.79. The van der Waals surface area contributed by atoms with E-state index in [9.17, 15) is 13.6 Å². The first kappa shape index (κ1) is 21.5. The van der Waals surface area contributed by atoms with Gasteiger partial charge in [-0.05, 0) is 37.8 Å². The summed E-state index contributed by atoms with van der Waals surface area (Å²) in [5.74, 6) is -2.54. The number of anilines is 2. The average Bonchev–Trinajstić information content (AvgIpc) is 3.08. The molecule has 0 aromatic carbocycles. The Labute approximate surface area is 176 Å². The maximum Gasteiger partial charge on any atom is 0.252 e. The van der Waals surface area contributed by atoms with Gasteiger partial charge in [0.05, 0.1) is 29.3 Å². The van der Waals surface area contributed by atoms with Crippen molar-refractivity contribution in [2.24, 2.45) is 0 Å². The van der Waals surface area contributed by atoms with E-state index in [1.54, 1.807) is 10.9 Å². The van der Waals surface area contributed by atoms with Crippen LogP contribution < -0.4 is 10.2 Å². The molecule has 29 heavy (non-hydrogen) atoms. The molecule has 9 heteroatoms. The van der Waals surface area contributed by atoms with Crippen LogP contribution in [-0.2, 0) is 17.6 Å². The minimum atomic E-state index is -2.54. The van der Waals surface area contributed by atoms with Crippen LogP contribution in [0.3, 0.4) is 0 Å². The van der Waals surface area contributed by atoms with E-state index in [1.807, 2.05) is 38.1 Å². The van der Waals surface area contributed by atoms with Gasteiger partial charge in [-0.25, -0.2) is 8.78 Å². The summed E-state index contributed by atoms with van der Waals surface area (Å²) in [6.45, 7) is 3.90. The molecule has 0 spiro atoms. The second kappa shape index (κ2) is 7.93. The van der Waals surface area contributed by atoms with E-state index in [4.69, 9.17) is 0 Å². The van der Waals surface area contributed by atoms with E-state index in [0.29, 0.717) is 0 Å². The summed E-state index contributed by atoms with van der Waals surface area (Å²) in [6.07, 6.45) is 5.55. The van der Waals surface area contributed by atoms with E-state index in [-0.39, 0.29) is 44.3 Å². The Hall–Kier alpha value is -2.16. The Morgan fingerprint density at radius 3 is 2.69 bits per heavy atom. The second-order valence-corrected chi connectivity index (χ2v) is 7.86. The fourth-order valence-corrected chi connectivity index (χ4v) is 4.08. The third-order valence-electron chi connectivity index (χ3n) is 5.79. The Morgan fingerprint density at radius 1 is 1.31 bits per heavy atom. The van der Waals surface area contributed by atoms with Gasteiger partial charge >= 0.3 is 0 Å². The van der Waals surface area contributed by atoms with Crippen LogP contribution >= 0.6 is 13.5 Å². The molecule has 2 aromatic rings. The molecule has 1 fully saturated rings. The number of fused-ring (bicyclic) bond motifs is 1. The molecule has 1 aliphatic heterocycles. The predicted octanol–water partition coefficient (Wildman–Crippen LogP) is 3.62. The van der Waals surface area contributed by atoms with Crippen molar-refractivity contribution >= 4 is 30.8 Å². The van der Waals surface area contributed by atoms with Crippen LogP contribution in [0.15, 0.2) is 18.5 Å². The van der Waals surface area contributed by atoms with Gasteiger partial charge in [-0.1, -0.05) is 6.92 Å². The number of hydrogen-bond acceptors (Lipinski definition) is 4. The standard InChI is InChI=1S/C20H25F2N5O.H2S/c1-4-16-19(28)25-18-12(2)24-14(7-17(18)26(16)3)6-5-13-10-23-27(11-13)15-8-20(21,22)9-15;/h7,10-11,15-16H,4-6,8-9H2,1-3H3,(H,25,28);1H2/t16-;/m0./s1. The van der Waals surface area contributed by atoms with Crippen LogP contribution in [-0.4, -0.2) is 39.7 Å². The molecule has 2 aliphatic rings. The topological polar surface area (TPSA) is 63.1 Å². The summed E-state index contributed by atoms with van der Waals surface area (Å²) < 4.78 is 27.8. The van der Waals surface area contributed by atoms with Crippen molar-refractivity contribution in [3.05, 3.63) is 35.4 Å². The summed E-state index contributed by atoms with van der Waals surface area (Å²) >= 11 is 0. The van der Waals surface area contributed by atoms with Crippen LogP contribution in [0.1, 0.15) is 49.2 Å². The van der Waals surface area contributed by atoms with Crippen LogP contribution in [0.25, 0.3) is 0 Å². The first-order valence-electron chi connectivity index (χ1n) is 9.72. The van der Waals surface area contributed by atoms with Gasteiger partial charge in [-0.15, -0.1) is 0 Å². The SMILES string of the molecule is CC[C@H]1C(=O)Nc2c(cc(CCc3cnn(C4CC(F)(F)C4)c3)nc2C)N1C.S. The molecule has 158 valence electrons. The second-order valence-electron chi connectivity index (χ2n) is 7.86. The van der Waals surface area contributed by atoms with Crippen LogP contribution in [0.5, 0.6) is 0 Å². The van der Waals surface area contributed by atoms with Gasteiger partial charge in [0.1, 0.15) is 6.04 Å². The monoisotopic (exact) mass is 423 g/mol. The van der Waals surface area contributed by atoms with E-state index in [2.05, 4.69) is 15.4 Å². The number of aromatic nitrogens is 3. The number of nitrogens with one attached hydrogen (secondary N) is 1. The van der Waals surface area contributed by atoms with Crippen LogP contribution in [0.2, 0.25) is 0 Å². The van der Waals surface area contributed by atoms with Crippen molar-refractivity contribution < 1.29 is 13.6 Å². The van der Waals surface area contributed by atoms with Crippen LogP contribution in [0.4, 0.5) is 20.2 Å². The van der Waals surface area contributed by atoms with Gasteiger partial charge < -0.3 is 10.2 Å². The quantitative estimate of drug-likeness (QED) is 0.798. The number of nitrogens with zero attached hydrogens (tertiary/aromatic N) is 4. The van der Waals surface area contributed by atoms with Gasteiger partial charge in [-0.2, -0.15) is 18.6 Å². The Morgan fingerprint density at radius 2 is 2.03 bits per heavy atom. The van der Waals surface area contributed by atoms with E-state index < -0.39 is 5.92 Å². The number of carbonyl (C=O) groups excluding carboxylic acids is 1. The number of alkyl halides is 2. The summed E-state index contributed by atoms with van der Waals surface area (Å²) in [5.41, 5.74) is 4.52. The largest absolute Gasteiger partial charge is 0.361 e. The van der Waals surface area contributed by atoms with Gasteiger partial charge in [0.15, 0.2) is 0 Å². The highest BCUT2D eigenvalue weighted by molar-refractivity contribution is 7.59. The molecule has 3 heterocycles. The molecule has 1 atom stereocenters. The van der Waals surface area contributed by atoms with Crippen molar-refractivity contribution in [2.45, 2.75) is 64.0 Å². The Balaban J connectivity index is 0.00000240. The zero-order valence-electron chi connectivity index (χ0n) is 16.9. The molecule has 1 amide bonds. The Kier molecular flexibility index (Phi) is 5.89. The molecular formula is C20H27F2N5OS. The molecular weight excluding hydrogens is 396 g/mol. The molecule has 0 radical (unpaired) electrons. The number of carbonyl (C=O) groups is 1. The van der Waals surface area contributed by atoms with E-state index in [0.717, 1.165) is 47.6 Å². The van der Waals surface area contributed by atoms with Crippen molar-refractivity contribution in [3.8, 4) is 0 Å². The molecule has 4 rings (SSSR count). The first-order valence-corrected chi connectivity index (χ1v) is 9.72. The highest BCUT2D eigenvalue weighted by Crippen LogP contribution is 2.45. The minimum absolute atomic E-state index is 0. The number of hydrogen-bond donors (Lipinski definition) is 1. The highest BCUT2D eigenvalue weighted by Gasteiger charge is 2.46. The fraction of sp³-hybridized carbons (Fsp3) is 0.550. The van der Waals surface area contributed by atoms with Gasteiger partial charge in [0, 0.05) is 31.8 Å². The number of rotatable bonds is 5. The highest BCUT2D eigenvalue weighted by atomic mass is 32.1. The number of likely N-dealkylation sites (N-methyl/N-ethyl adjacent to an activating group) is 1. The van der Waals surface area contributed by atoms with Crippen LogP contribution in [0, 0.1) is 6.92 Å². The summed E-state index contributed by atoms with van der Waals surface area (Å²) in [4.78, 5) is 18.9. The zero-order chi connectivity index (χ0) is 20.1. The van der Waals surface area contributed by atoms with Crippen molar-refractivity contribution in [3.63, 3.8) is 0 Å². The number of pyridine rings is 1. The lowest BCUT2D eigenvalue weighted by Crippen LogP contribution is -2.46. The summed E-state index contributed by atoms with van der Waals surface area (Å²) in [7, 11) is 1.94. The molecule has 1 saturated carbocycles. The van der Waals surface area contributed by atoms with Crippen molar-refractivity contribution in [2.75, 3.05) is 17.3 Å². The molecule has 2 aromatic heterocycles. The lowest BCUT2D eigenvalue weighted by atomic mass is 9.88.